The Labute approximate surface area is 131 Å². The second-order valence-corrected chi connectivity index (χ2v) is 7.27. The Bertz CT molecular complexity index is 323. The standard InChI is InChI=1S/C17H35N3O/c1-5-16-12-21-15(4)11-20(16)17(13-18)7-6-9-19(10-8-17)14(2)3/h14-16H,5-13,18H2,1-4H3. The smallest absolute Gasteiger partial charge is 0.0675 e. The second kappa shape index (κ2) is 7.40. The highest BCUT2D eigenvalue weighted by molar-refractivity contribution is 4.99. The highest BCUT2D eigenvalue weighted by Gasteiger charge is 2.42. The van der Waals surface area contributed by atoms with E-state index in [2.05, 4.69) is 37.5 Å². The van der Waals surface area contributed by atoms with E-state index in [-0.39, 0.29) is 5.54 Å². The van der Waals surface area contributed by atoms with Crippen LogP contribution in [0, 0.1) is 0 Å². The van der Waals surface area contributed by atoms with Gasteiger partial charge in [-0.15, -0.1) is 0 Å². The summed E-state index contributed by atoms with van der Waals surface area (Å²) in [5.41, 5.74) is 6.50. The first-order valence-corrected chi connectivity index (χ1v) is 8.85. The van der Waals surface area contributed by atoms with Gasteiger partial charge >= 0.3 is 0 Å². The monoisotopic (exact) mass is 297 g/mol. The molecule has 2 heterocycles. The van der Waals surface area contributed by atoms with Gasteiger partial charge in [-0.3, -0.25) is 4.90 Å². The van der Waals surface area contributed by atoms with Crippen LogP contribution in [-0.4, -0.2) is 66.3 Å². The molecule has 3 unspecified atom stereocenters. The lowest BCUT2D eigenvalue weighted by Gasteiger charge is -2.51. The third-order valence-corrected chi connectivity index (χ3v) is 5.61. The predicted octanol–water partition coefficient (Wildman–Crippen LogP) is 2.08. The molecule has 0 aromatic carbocycles. The molecule has 2 saturated heterocycles. The molecule has 2 aliphatic rings. The van der Waals surface area contributed by atoms with Crippen LogP contribution in [-0.2, 0) is 4.74 Å². The van der Waals surface area contributed by atoms with Crippen LogP contribution in [0.5, 0.6) is 0 Å². The molecule has 4 heteroatoms. The van der Waals surface area contributed by atoms with Crippen LogP contribution in [0.2, 0.25) is 0 Å². The first-order valence-electron chi connectivity index (χ1n) is 8.85. The normalized spacial score (nSPS) is 36.9. The minimum absolute atomic E-state index is 0.183. The van der Waals surface area contributed by atoms with E-state index in [9.17, 15) is 0 Å². The van der Waals surface area contributed by atoms with E-state index in [1.165, 1.54) is 32.4 Å². The van der Waals surface area contributed by atoms with Gasteiger partial charge in [0.1, 0.15) is 0 Å². The highest BCUT2D eigenvalue weighted by Crippen LogP contribution is 2.33. The molecule has 0 saturated carbocycles. The molecule has 21 heavy (non-hydrogen) atoms. The van der Waals surface area contributed by atoms with Crippen molar-refractivity contribution in [1.29, 1.82) is 0 Å². The average molecular weight is 297 g/mol. The van der Waals surface area contributed by atoms with Crippen molar-refractivity contribution < 1.29 is 4.74 Å². The molecule has 0 bridgehead atoms. The molecular weight excluding hydrogens is 262 g/mol. The summed E-state index contributed by atoms with van der Waals surface area (Å²) < 4.78 is 5.89. The van der Waals surface area contributed by atoms with E-state index in [1.54, 1.807) is 0 Å². The summed E-state index contributed by atoms with van der Waals surface area (Å²) in [6.45, 7) is 14.2. The van der Waals surface area contributed by atoms with Gasteiger partial charge in [0, 0.05) is 37.3 Å². The summed E-state index contributed by atoms with van der Waals surface area (Å²) in [5.74, 6) is 0. The van der Waals surface area contributed by atoms with E-state index in [0.29, 0.717) is 18.2 Å². The SMILES string of the molecule is CCC1COC(C)CN1C1(CN)CCCN(C(C)C)CC1. The number of rotatable bonds is 4. The van der Waals surface area contributed by atoms with E-state index in [4.69, 9.17) is 10.5 Å². The Morgan fingerprint density at radius 1 is 1.29 bits per heavy atom. The van der Waals surface area contributed by atoms with Gasteiger partial charge in [-0.2, -0.15) is 0 Å². The maximum Gasteiger partial charge on any atom is 0.0675 e. The van der Waals surface area contributed by atoms with Crippen LogP contribution in [0.25, 0.3) is 0 Å². The van der Waals surface area contributed by atoms with Crippen LogP contribution in [0.1, 0.15) is 53.4 Å². The van der Waals surface area contributed by atoms with Gasteiger partial charge in [0.2, 0.25) is 0 Å². The average Bonchev–Trinajstić information content (AvgIpc) is 2.70. The minimum atomic E-state index is 0.183. The van der Waals surface area contributed by atoms with Crippen molar-refractivity contribution in [2.45, 2.75) is 77.1 Å². The molecule has 0 aromatic heterocycles. The van der Waals surface area contributed by atoms with Crippen LogP contribution < -0.4 is 5.73 Å². The molecule has 0 aromatic rings. The number of hydrogen-bond acceptors (Lipinski definition) is 4. The van der Waals surface area contributed by atoms with Crippen molar-refractivity contribution in [1.82, 2.24) is 9.80 Å². The molecular formula is C17H35N3O. The van der Waals surface area contributed by atoms with Gasteiger partial charge in [-0.1, -0.05) is 6.92 Å². The Hall–Kier alpha value is -0.160. The zero-order valence-electron chi connectivity index (χ0n) is 14.5. The second-order valence-electron chi connectivity index (χ2n) is 7.27. The zero-order chi connectivity index (χ0) is 15.5. The lowest BCUT2D eigenvalue weighted by Crippen LogP contribution is -2.63. The summed E-state index contributed by atoms with van der Waals surface area (Å²) in [5, 5.41) is 0. The maximum atomic E-state index is 6.32. The summed E-state index contributed by atoms with van der Waals surface area (Å²) in [6, 6.07) is 1.18. The molecule has 2 rings (SSSR count). The molecule has 3 atom stereocenters. The molecule has 0 spiro atoms. The summed E-state index contributed by atoms with van der Waals surface area (Å²) in [4.78, 5) is 5.33. The van der Waals surface area contributed by atoms with Gasteiger partial charge in [0.25, 0.3) is 0 Å². The Kier molecular flexibility index (Phi) is 6.06. The number of nitrogens with zero attached hydrogens (tertiary/aromatic N) is 2. The largest absolute Gasteiger partial charge is 0.376 e. The minimum Gasteiger partial charge on any atom is -0.376 e. The molecule has 4 nitrogen and oxygen atoms in total. The van der Waals surface area contributed by atoms with Crippen LogP contribution in [0.3, 0.4) is 0 Å². The van der Waals surface area contributed by atoms with Crippen molar-refractivity contribution in [3.63, 3.8) is 0 Å². The van der Waals surface area contributed by atoms with Gasteiger partial charge in [0.05, 0.1) is 12.7 Å². The molecule has 0 radical (unpaired) electrons. The number of ether oxygens (including phenoxy) is 1. The first kappa shape index (κ1) is 17.2. The number of nitrogens with two attached hydrogens (primary N) is 1. The fraction of sp³-hybridized carbons (Fsp3) is 1.00. The first-order chi connectivity index (χ1) is 10.0. The van der Waals surface area contributed by atoms with Crippen molar-refractivity contribution in [2.75, 3.05) is 32.8 Å². The molecule has 2 fully saturated rings. The summed E-state index contributed by atoms with van der Waals surface area (Å²) in [7, 11) is 0. The van der Waals surface area contributed by atoms with Crippen LogP contribution in [0.4, 0.5) is 0 Å². The van der Waals surface area contributed by atoms with Gasteiger partial charge < -0.3 is 15.4 Å². The summed E-state index contributed by atoms with van der Waals surface area (Å²) >= 11 is 0. The van der Waals surface area contributed by atoms with Crippen molar-refractivity contribution >= 4 is 0 Å². The zero-order valence-corrected chi connectivity index (χ0v) is 14.5. The van der Waals surface area contributed by atoms with Gasteiger partial charge in [-0.05, 0) is 53.0 Å². The molecule has 124 valence electrons. The third kappa shape index (κ3) is 3.79. The van der Waals surface area contributed by atoms with E-state index >= 15 is 0 Å². The lowest BCUT2D eigenvalue weighted by molar-refractivity contribution is -0.102. The van der Waals surface area contributed by atoms with Crippen LogP contribution in [0.15, 0.2) is 0 Å². The third-order valence-electron chi connectivity index (χ3n) is 5.61. The van der Waals surface area contributed by atoms with Crippen molar-refractivity contribution in [2.24, 2.45) is 5.73 Å². The fourth-order valence-corrected chi connectivity index (χ4v) is 4.09. The Morgan fingerprint density at radius 3 is 2.67 bits per heavy atom. The van der Waals surface area contributed by atoms with Gasteiger partial charge in [0.15, 0.2) is 0 Å². The van der Waals surface area contributed by atoms with Gasteiger partial charge in [-0.25, -0.2) is 0 Å². The Balaban J connectivity index is 2.15. The Morgan fingerprint density at radius 2 is 2.05 bits per heavy atom. The number of morpholine rings is 1. The molecule has 0 aliphatic carbocycles. The highest BCUT2D eigenvalue weighted by atomic mass is 16.5. The van der Waals surface area contributed by atoms with E-state index in [1.807, 2.05) is 0 Å². The predicted molar refractivity (Wildman–Crippen MR) is 88.5 cm³/mol. The fourth-order valence-electron chi connectivity index (χ4n) is 4.09. The molecule has 2 aliphatic heterocycles. The van der Waals surface area contributed by atoms with Crippen LogP contribution >= 0.6 is 0 Å². The maximum absolute atomic E-state index is 6.32. The topological polar surface area (TPSA) is 41.7 Å². The number of hydrogen-bond donors (Lipinski definition) is 1. The number of likely N-dealkylation sites (tertiary alicyclic amines) is 1. The van der Waals surface area contributed by atoms with E-state index in [0.717, 1.165) is 26.1 Å². The van der Waals surface area contributed by atoms with Crippen molar-refractivity contribution in [3.05, 3.63) is 0 Å². The molecule has 2 N–H and O–H groups in total. The van der Waals surface area contributed by atoms with Crippen molar-refractivity contribution in [3.8, 4) is 0 Å². The lowest BCUT2D eigenvalue weighted by atomic mass is 9.85. The summed E-state index contributed by atoms with van der Waals surface area (Å²) in [6.07, 6.45) is 5.18. The van der Waals surface area contributed by atoms with E-state index < -0.39 is 0 Å². The molecule has 0 amide bonds. The quantitative estimate of drug-likeness (QED) is 0.862.